The van der Waals surface area contributed by atoms with E-state index in [2.05, 4.69) is 119 Å². The van der Waals surface area contributed by atoms with E-state index < -0.39 is 34.5 Å². The zero-order valence-electron chi connectivity index (χ0n) is 45.7. The summed E-state index contributed by atoms with van der Waals surface area (Å²) in [6.07, 6.45) is 4.52. The van der Waals surface area contributed by atoms with Gasteiger partial charge in [-0.15, -0.1) is 0 Å². The number of methoxy groups -OCH3 is 2. The van der Waals surface area contributed by atoms with Gasteiger partial charge in [0.1, 0.15) is 12.3 Å². The second-order valence-corrected chi connectivity index (χ2v) is 29.5. The van der Waals surface area contributed by atoms with E-state index in [1.165, 1.54) is 21.5 Å². The van der Waals surface area contributed by atoms with Gasteiger partial charge in [0.2, 0.25) is 22.6 Å². The second kappa shape index (κ2) is 31.6. The molecule has 2 aromatic heterocycles. The van der Waals surface area contributed by atoms with Crippen LogP contribution >= 0.6 is 0 Å². The summed E-state index contributed by atoms with van der Waals surface area (Å²) in [5, 5.41) is 2.51. The lowest BCUT2D eigenvalue weighted by molar-refractivity contribution is -0.0378. The third-order valence-electron chi connectivity index (χ3n) is 13.9. The van der Waals surface area contributed by atoms with Crippen LogP contribution in [0.5, 0.6) is 0 Å². The van der Waals surface area contributed by atoms with Crippen molar-refractivity contribution in [2.24, 2.45) is 0 Å². The zero-order chi connectivity index (χ0) is 52.6. The van der Waals surface area contributed by atoms with Crippen molar-refractivity contribution in [1.82, 2.24) is 19.5 Å². The predicted molar refractivity (Wildman–Crippen MR) is 291 cm³/mol. The van der Waals surface area contributed by atoms with E-state index in [9.17, 15) is 4.79 Å². The average molecular weight is 1060 g/mol. The number of anilines is 1. The van der Waals surface area contributed by atoms with Gasteiger partial charge >= 0.3 is 0 Å². The molecule has 19 heteroatoms. The summed E-state index contributed by atoms with van der Waals surface area (Å²) in [7, 11) is -2.09. The van der Waals surface area contributed by atoms with Crippen LogP contribution in [-0.2, 0) is 64.3 Å². The van der Waals surface area contributed by atoms with Crippen molar-refractivity contribution in [3.63, 3.8) is 0 Å². The molecule has 0 spiro atoms. The van der Waals surface area contributed by atoms with E-state index >= 15 is 0 Å². The number of ether oxygens (including phenoxy) is 9. The Labute approximate surface area is 437 Å². The van der Waals surface area contributed by atoms with Gasteiger partial charge < -0.3 is 57.2 Å². The highest BCUT2D eigenvalue weighted by Crippen LogP contribution is 2.42. The van der Waals surface area contributed by atoms with Crippen molar-refractivity contribution in [2.45, 2.75) is 128 Å². The van der Waals surface area contributed by atoms with Gasteiger partial charge in [-0.05, 0) is 69.3 Å². The fraction of sp³-hybridized carbons (Fsp3) is 0.685. The van der Waals surface area contributed by atoms with E-state index in [4.69, 9.17) is 57.2 Å². The fourth-order valence-electron chi connectivity index (χ4n) is 10.2. The van der Waals surface area contributed by atoms with Gasteiger partial charge in [0.15, 0.2) is 11.2 Å². The number of nitrogen functional groups attached to an aromatic ring is 1. The lowest BCUT2D eigenvalue weighted by Crippen LogP contribution is -2.60. The van der Waals surface area contributed by atoms with Crippen LogP contribution in [0, 0.1) is 0 Å². The van der Waals surface area contributed by atoms with Gasteiger partial charge in [-0.25, -0.2) is 4.98 Å². The Hall–Kier alpha value is -3.42. The van der Waals surface area contributed by atoms with Gasteiger partial charge in [0.05, 0.1) is 98.3 Å². The van der Waals surface area contributed by atoms with Crippen LogP contribution < -0.4 is 21.7 Å². The number of rotatable bonds is 38. The van der Waals surface area contributed by atoms with Crippen molar-refractivity contribution < 1.29 is 51.5 Å². The van der Waals surface area contributed by atoms with E-state index in [0.717, 1.165) is 25.7 Å². The second-order valence-electron chi connectivity index (χ2n) is 20.1. The van der Waals surface area contributed by atoms with Crippen molar-refractivity contribution in [2.75, 3.05) is 119 Å². The van der Waals surface area contributed by atoms with Crippen molar-refractivity contribution in [1.29, 1.82) is 0 Å². The molecule has 0 saturated carbocycles. The minimum Gasteiger partial charge on any atom is -0.409 e. The Morgan fingerprint density at radius 3 is 1.49 bits per heavy atom. The zero-order valence-corrected chi connectivity index (χ0v) is 47.7. The summed E-state index contributed by atoms with van der Waals surface area (Å²) in [5.74, 6) is 0.0227. The lowest BCUT2D eigenvalue weighted by Gasteiger charge is -2.43. The maximum Gasteiger partial charge on any atom is 0.280 e. The molecule has 0 unspecified atom stereocenters. The molecule has 73 heavy (non-hydrogen) atoms. The van der Waals surface area contributed by atoms with Crippen LogP contribution in [-0.4, -0.2) is 162 Å². The third-order valence-corrected chi connectivity index (χ3v) is 24.5. The monoisotopic (exact) mass is 1060 g/mol. The molecule has 2 aromatic carbocycles. The molecule has 3 N–H and O–H groups in total. The molecule has 0 aliphatic carbocycles. The van der Waals surface area contributed by atoms with E-state index in [-0.39, 0.29) is 39.7 Å². The minimum absolute atomic E-state index is 0.0227. The highest BCUT2D eigenvalue weighted by Gasteiger charge is 2.51. The number of imidazole rings is 1. The molecular weight excluding hydrogens is 967 g/mol. The SMILES string of the molecule is COCCOCCOCCOCCCc1ccc([Si](OC[C@H]2O[C@@H](n3cnc4c(=O)[nH]c(N)nc43)C[C@@H]2O[Si](c2ccc(CCCOCCOCCOCCOC)cc2)(C(C)C)C(C)C)(C(C)C)C(C)C)cc1. The molecule has 3 atom stereocenters. The van der Waals surface area contributed by atoms with Gasteiger partial charge in [0, 0.05) is 33.9 Å². The summed E-state index contributed by atoms with van der Waals surface area (Å²) in [6.45, 7) is 26.7. The fourth-order valence-corrected chi connectivity index (χ4v) is 19.6. The molecule has 1 aliphatic rings. The molecule has 1 saturated heterocycles. The molecule has 17 nitrogen and oxygen atoms in total. The predicted octanol–water partition coefficient (Wildman–Crippen LogP) is 6.99. The number of nitrogens with two attached hydrogens (primary N) is 1. The number of aryl methyl sites for hydroxylation is 2. The first-order valence-corrected chi connectivity index (χ1v) is 30.7. The molecule has 5 rings (SSSR count). The Morgan fingerprint density at radius 1 is 0.630 bits per heavy atom. The lowest BCUT2D eigenvalue weighted by atomic mass is 10.1. The normalized spacial score (nSPS) is 16.7. The molecule has 0 radical (unpaired) electrons. The molecule has 1 aliphatic heterocycles. The van der Waals surface area contributed by atoms with Crippen LogP contribution in [0.25, 0.3) is 11.2 Å². The summed E-state index contributed by atoms with van der Waals surface area (Å²) in [4.78, 5) is 24.5. The number of fused-ring (bicyclic) bond motifs is 1. The molecule has 410 valence electrons. The molecule has 4 aromatic rings. The van der Waals surface area contributed by atoms with Crippen molar-refractivity contribution >= 4 is 44.1 Å². The third kappa shape index (κ3) is 17.3. The molecule has 1 fully saturated rings. The average Bonchev–Trinajstić information content (AvgIpc) is 3.98. The maximum atomic E-state index is 12.9. The highest BCUT2D eigenvalue weighted by molar-refractivity contribution is 6.89. The topological polar surface area (TPSA) is 191 Å². The summed E-state index contributed by atoms with van der Waals surface area (Å²) in [5.41, 5.74) is 9.80. The van der Waals surface area contributed by atoms with Gasteiger partial charge in [0.25, 0.3) is 5.56 Å². The summed E-state index contributed by atoms with van der Waals surface area (Å²) in [6, 6.07) is 18.2. The number of nitrogens with zero attached hydrogens (tertiary/aromatic N) is 3. The first kappa shape index (κ1) is 60.4. The van der Waals surface area contributed by atoms with Crippen LogP contribution in [0.3, 0.4) is 0 Å². The number of aromatic amines is 1. The van der Waals surface area contributed by atoms with Gasteiger partial charge in [-0.3, -0.25) is 14.3 Å². The van der Waals surface area contributed by atoms with Crippen molar-refractivity contribution in [3.05, 3.63) is 76.3 Å². The Balaban J connectivity index is 1.28. The van der Waals surface area contributed by atoms with Crippen LogP contribution in [0.15, 0.2) is 59.7 Å². The number of H-pyrrole nitrogens is 1. The van der Waals surface area contributed by atoms with Crippen LogP contribution in [0.4, 0.5) is 5.95 Å². The van der Waals surface area contributed by atoms with Crippen molar-refractivity contribution in [3.8, 4) is 0 Å². The Morgan fingerprint density at radius 2 is 1.05 bits per heavy atom. The molecule has 0 amide bonds. The van der Waals surface area contributed by atoms with Crippen LogP contribution in [0.1, 0.15) is 92.0 Å². The molecule has 3 heterocycles. The highest BCUT2D eigenvalue weighted by atomic mass is 28.4. The summed E-state index contributed by atoms with van der Waals surface area (Å²) >= 11 is 0. The quantitative estimate of drug-likeness (QED) is 0.0345. The standard InChI is InChI=1S/C54H89N5O12Si2/c1-40(2)72(41(3)4,46-19-15-44(16-20-46)13-11-23-63-29-31-67-35-33-65-27-25-61-9)69-38-49-48(37-50(70-49)59-39-56-51-52(59)57-54(55)58-53(51)60)71-73(42(5)6,43(7)8)47-21-17-45(18-22-47)14-12-24-64-30-32-68-36-34-66-28-26-62-10/h15-22,39-43,48-50H,11-14,23-38H2,1-10H3,(H3,55,57,58,60)/t48-,49+,50+/m0/s1. The number of hydrogen-bond acceptors (Lipinski definition) is 15. The number of benzene rings is 2. The molecular formula is C54H89N5O12Si2. The Kier molecular flexibility index (Phi) is 26.2. The molecule has 0 bridgehead atoms. The number of nitrogens with one attached hydrogen (secondary N) is 1. The van der Waals surface area contributed by atoms with Crippen LogP contribution in [0.2, 0.25) is 22.2 Å². The minimum atomic E-state index is -2.75. The maximum absolute atomic E-state index is 12.9. The van der Waals surface area contributed by atoms with E-state index in [0.29, 0.717) is 111 Å². The first-order chi connectivity index (χ1) is 35.3. The van der Waals surface area contributed by atoms with Gasteiger partial charge in [-0.2, -0.15) is 4.98 Å². The first-order valence-electron chi connectivity index (χ1n) is 26.6. The van der Waals surface area contributed by atoms with E-state index in [1.807, 2.05) is 4.57 Å². The van der Waals surface area contributed by atoms with E-state index in [1.54, 1.807) is 20.5 Å². The Bertz CT molecular complexity index is 2180. The van der Waals surface area contributed by atoms with Gasteiger partial charge in [-0.1, -0.05) is 104 Å². The number of hydrogen-bond donors (Lipinski definition) is 2. The smallest absolute Gasteiger partial charge is 0.280 e. The summed E-state index contributed by atoms with van der Waals surface area (Å²) < 4.78 is 68.0. The largest absolute Gasteiger partial charge is 0.409 e. The number of aromatic nitrogens is 4.